The molecule has 2 N–H and O–H groups in total. The first-order valence-electron chi connectivity index (χ1n) is 8.33. The van der Waals surface area contributed by atoms with E-state index in [-0.39, 0.29) is 24.0 Å². The Kier molecular flexibility index (Phi) is 10.5. The second-order valence-corrected chi connectivity index (χ2v) is 5.78. The number of nitrogens with one attached hydrogen (secondary N) is 2. The lowest BCUT2D eigenvalue weighted by atomic mass is 10.2. The highest BCUT2D eigenvalue weighted by molar-refractivity contribution is 14.0. The minimum Gasteiger partial charge on any atom is -0.357 e. The zero-order valence-corrected chi connectivity index (χ0v) is 17.7. The van der Waals surface area contributed by atoms with Crippen LogP contribution in [0.15, 0.2) is 33.8 Å². The van der Waals surface area contributed by atoms with Crippen LogP contribution < -0.4 is 10.6 Å². The van der Waals surface area contributed by atoms with Crippen LogP contribution in [-0.4, -0.2) is 29.2 Å². The van der Waals surface area contributed by atoms with E-state index in [1.807, 2.05) is 19.1 Å². The Hall–Kier alpha value is -1.35. The van der Waals surface area contributed by atoms with Crippen LogP contribution in [0, 0.1) is 0 Å². The van der Waals surface area contributed by atoms with Crippen LogP contribution >= 0.6 is 35.6 Å². The predicted octanol–water partition coefficient (Wildman–Crippen LogP) is 4.25. The van der Waals surface area contributed by atoms with Gasteiger partial charge in [-0.2, -0.15) is 4.98 Å². The second kappa shape index (κ2) is 12.1. The van der Waals surface area contributed by atoms with E-state index in [9.17, 15) is 0 Å². The van der Waals surface area contributed by atoms with Crippen LogP contribution in [0.5, 0.6) is 0 Å². The number of nitrogens with zero attached hydrogens (tertiary/aromatic N) is 3. The highest BCUT2D eigenvalue weighted by Crippen LogP contribution is 2.18. The van der Waals surface area contributed by atoms with Gasteiger partial charge < -0.3 is 15.2 Å². The van der Waals surface area contributed by atoms with Crippen molar-refractivity contribution < 1.29 is 4.52 Å². The summed E-state index contributed by atoms with van der Waals surface area (Å²) in [6, 6.07) is 7.32. The fraction of sp³-hybridized carbons (Fsp3) is 0.471. The SMILES string of the molecule is CCCCCNC(=NCc1nc(-c2ccc(Cl)cc2)no1)NCC.I. The highest BCUT2D eigenvalue weighted by Gasteiger charge is 2.08. The van der Waals surface area contributed by atoms with Gasteiger partial charge in [0.1, 0.15) is 6.54 Å². The zero-order valence-electron chi connectivity index (χ0n) is 14.6. The molecule has 0 aliphatic heterocycles. The summed E-state index contributed by atoms with van der Waals surface area (Å²) in [5.41, 5.74) is 0.864. The lowest BCUT2D eigenvalue weighted by Crippen LogP contribution is -2.37. The first-order chi connectivity index (χ1) is 11.7. The summed E-state index contributed by atoms with van der Waals surface area (Å²) in [5, 5.41) is 11.2. The minimum absolute atomic E-state index is 0. The minimum atomic E-state index is 0. The fourth-order valence-electron chi connectivity index (χ4n) is 2.11. The lowest BCUT2D eigenvalue weighted by Gasteiger charge is -2.10. The molecule has 1 heterocycles. The van der Waals surface area contributed by atoms with E-state index in [1.54, 1.807) is 12.1 Å². The predicted molar refractivity (Wildman–Crippen MR) is 113 cm³/mol. The van der Waals surface area contributed by atoms with E-state index in [1.165, 1.54) is 12.8 Å². The van der Waals surface area contributed by atoms with Crippen molar-refractivity contribution in [2.24, 2.45) is 4.99 Å². The number of halogens is 2. The van der Waals surface area contributed by atoms with Crippen LogP contribution in [0.25, 0.3) is 11.4 Å². The third-order valence-electron chi connectivity index (χ3n) is 3.36. The number of unbranched alkanes of at least 4 members (excludes halogenated alkanes) is 2. The summed E-state index contributed by atoms with van der Waals surface area (Å²) in [7, 11) is 0. The number of rotatable bonds is 8. The summed E-state index contributed by atoms with van der Waals surface area (Å²) in [6.07, 6.45) is 3.54. The van der Waals surface area contributed by atoms with E-state index in [0.29, 0.717) is 23.3 Å². The maximum atomic E-state index is 5.88. The van der Waals surface area contributed by atoms with Gasteiger partial charge in [0.05, 0.1) is 0 Å². The van der Waals surface area contributed by atoms with E-state index in [4.69, 9.17) is 16.1 Å². The van der Waals surface area contributed by atoms with Gasteiger partial charge in [-0.3, -0.25) is 0 Å². The molecular formula is C17H25ClIN5O. The molecule has 2 aromatic rings. The van der Waals surface area contributed by atoms with Gasteiger partial charge in [-0.25, -0.2) is 4.99 Å². The number of aliphatic imine (C=N–C) groups is 1. The molecule has 8 heteroatoms. The van der Waals surface area contributed by atoms with Gasteiger partial charge in [0.25, 0.3) is 0 Å². The van der Waals surface area contributed by atoms with Gasteiger partial charge in [0.2, 0.25) is 11.7 Å². The van der Waals surface area contributed by atoms with Gasteiger partial charge >= 0.3 is 0 Å². The van der Waals surface area contributed by atoms with Crippen molar-refractivity contribution in [2.45, 2.75) is 39.7 Å². The maximum Gasteiger partial charge on any atom is 0.248 e. The Balaban J connectivity index is 0.00000312. The molecule has 0 aliphatic carbocycles. The smallest absolute Gasteiger partial charge is 0.248 e. The van der Waals surface area contributed by atoms with Crippen LogP contribution in [-0.2, 0) is 6.54 Å². The Morgan fingerprint density at radius 3 is 2.60 bits per heavy atom. The number of hydrogen-bond donors (Lipinski definition) is 2. The molecule has 0 fully saturated rings. The van der Waals surface area contributed by atoms with E-state index in [2.05, 4.69) is 32.7 Å². The Morgan fingerprint density at radius 1 is 1.16 bits per heavy atom. The van der Waals surface area contributed by atoms with Crippen molar-refractivity contribution in [2.75, 3.05) is 13.1 Å². The average Bonchev–Trinajstić information content (AvgIpc) is 3.06. The second-order valence-electron chi connectivity index (χ2n) is 5.35. The molecule has 25 heavy (non-hydrogen) atoms. The van der Waals surface area contributed by atoms with E-state index in [0.717, 1.165) is 31.0 Å². The third-order valence-corrected chi connectivity index (χ3v) is 3.61. The molecule has 0 amide bonds. The normalized spacial score (nSPS) is 11.1. The molecule has 0 aliphatic rings. The van der Waals surface area contributed by atoms with Gasteiger partial charge in [-0.15, -0.1) is 24.0 Å². The molecule has 0 bridgehead atoms. The van der Waals surface area contributed by atoms with Crippen molar-refractivity contribution >= 4 is 41.5 Å². The van der Waals surface area contributed by atoms with Crippen molar-refractivity contribution in [1.82, 2.24) is 20.8 Å². The standard InChI is InChI=1S/C17H24ClN5O.HI/c1-3-5-6-11-20-17(19-4-2)21-12-15-22-16(23-24-15)13-7-9-14(18)10-8-13;/h7-10H,3-6,11-12H2,1-2H3,(H2,19,20,21);1H. The van der Waals surface area contributed by atoms with Gasteiger partial charge in [0.15, 0.2) is 5.96 Å². The molecule has 0 saturated heterocycles. The van der Waals surface area contributed by atoms with Crippen LogP contribution in [0.3, 0.4) is 0 Å². The monoisotopic (exact) mass is 477 g/mol. The molecule has 6 nitrogen and oxygen atoms in total. The van der Waals surface area contributed by atoms with Gasteiger partial charge in [0, 0.05) is 23.7 Å². The Bertz CT molecular complexity index is 645. The number of aromatic nitrogens is 2. The summed E-state index contributed by atoms with van der Waals surface area (Å²) in [6.45, 7) is 6.27. The Labute approximate surface area is 170 Å². The summed E-state index contributed by atoms with van der Waals surface area (Å²) in [5.74, 6) is 1.78. The van der Waals surface area contributed by atoms with Gasteiger partial charge in [-0.1, -0.05) is 36.5 Å². The molecule has 0 radical (unpaired) electrons. The zero-order chi connectivity index (χ0) is 17.2. The van der Waals surface area contributed by atoms with Crippen molar-refractivity contribution in [3.05, 3.63) is 35.2 Å². The maximum absolute atomic E-state index is 5.88. The molecule has 1 aromatic carbocycles. The molecule has 2 rings (SSSR count). The summed E-state index contributed by atoms with van der Waals surface area (Å²) in [4.78, 5) is 8.85. The molecule has 0 atom stereocenters. The first-order valence-corrected chi connectivity index (χ1v) is 8.71. The van der Waals surface area contributed by atoms with Crippen molar-refractivity contribution in [3.63, 3.8) is 0 Å². The highest BCUT2D eigenvalue weighted by atomic mass is 127. The summed E-state index contributed by atoms with van der Waals surface area (Å²) < 4.78 is 5.26. The summed E-state index contributed by atoms with van der Waals surface area (Å²) >= 11 is 5.88. The third kappa shape index (κ3) is 7.60. The van der Waals surface area contributed by atoms with Crippen molar-refractivity contribution in [3.8, 4) is 11.4 Å². The van der Waals surface area contributed by atoms with Crippen LogP contribution in [0.4, 0.5) is 0 Å². The molecule has 138 valence electrons. The van der Waals surface area contributed by atoms with E-state index < -0.39 is 0 Å². The molecule has 0 saturated carbocycles. The lowest BCUT2D eigenvalue weighted by molar-refractivity contribution is 0.380. The number of benzene rings is 1. The van der Waals surface area contributed by atoms with Crippen molar-refractivity contribution in [1.29, 1.82) is 0 Å². The van der Waals surface area contributed by atoms with Gasteiger partial charge in [-0.05, 0) is 37.6 Å². The van der Waals surface area contributed by atoms with Crippen LogP contribution in [0.1, 0.15) is 39.0 Å². The fourth-order valence-corrected chi connectivity index (χ4v) is 2.23. The topological polar surface area (TPSA) is 75.3 Å². The number of hydrogen-bond acceptors (Lipinski definition) is 4. The average molecular weight is 478 g/mol. The molecule has 0 unspecified atom stereocenters. The molecule has 0 spiro atoms. The van der Waals surface area contributed by atoms with E-state index >= 15 is 0 Å². The van der Waals surface area contributed by atoms with Crippen LogP contribution in [0.2, 0.25) is 5.02 Å². The largest absolute Gasteiger partial charge is 0.357 e. The first kappa shape index (κ1) is 21.7. The Morgan fingerprint density at radius 2 is 1.92 bits per heavy atom. The molecule has 1 aromatic heterocycles. The molecular weight excluding hydrogens is 453 g/mol. The quantitative estimate of drug-likeness (QED) is 0.257. The number of guanidine groups is 1.